The van der Waals surface area contributed by atoms with E-state index in [0.29, 0.717) is 17.0 Å². The Kier molecular flexibility index (Phi) is 7.33. The lowest BCUT2D eigenvalue weighted by Gasteiger charge is -2.22. The summed E-state index contributed by atoms with van der Waals surface area (Å²) in [6, 6.07) is 10.5. The molecule has 4 aliphatic rings. The first-order chi connectivity index (χ1) is 23.6. The van der Waals surface area contributed by atoms with E-state index in [1.807, 2.05) is 29.3 Å². The molecule has 2 N–H and O–H groups in total. The normalized spacial score (nSPS) is 20.4. The monoisotopic (exact) mass is 662 g/mol. The van der Waals surface area contributed by atoms with Gasteiger partial charge in [0.15, 0.2) is 0 Å². The molecular weight excluding hydrogens is 625 g/mol. The van der Waals surface area contributed by atoms with E-state index in [2.05, 4.69) is 27.6 Å². The van der Waals surface area contributed by atoms with Gasteiger partial charge in [0, 0.05) is 23.2 Å². The van der Waals surface area contributed by atoms with E-state index in [9.17, 15) is 9.59 Å². The number of aromatic nitrogens is 4. The van der Waals surface area contributed by atoms with Crippen molar-refractivity contribution < 1.29 is 13.9 Å². The van der Waals surface area contributed by atoms with Crippen LogP contribution in [0, 0.1) is 5.92 Å². The number of methoxy groups -OCH3 is 1. The average Bonchev–Trinajstić information content (AvgIpc) is 3.95. The molecule has 2 aliphatic carbocycles. The summed E-state index contributed by atoms with van der Waals surface area (Å²) in [5.74, 6) is 1.95. The fraction of sp³-hybridized carbons (Fsp3) is 0.432. The molecule has 246 valence electrons. The number of hydrogen-bond acceptors (Lipinski definition) is 9. The first-order valence-electron chi connectivity index (χ1n) is 17.3. The number of H-pyrrole nitrogens is 1. The zero-order valence-electron chi connectivity index (χ0n) is 27.0. The molecule has 6 heterocycles. The lowest BCUT2D eigenvalue weighted by molar-refractivity contribution is 0.0776. The second-order valence-electron chi connectivity index (χ2n) is 13.6. The van der Waals surface area contributed by atoms with Crippen molar-refractivity contribution >= 4 is 33.1 Å². The highest BCUT2D eigenvalue weighted by Crippen LogP contribution is 2.51. The number of benzene rings is 1. The van der Waals surface area contributed by atoms with Crippen LogP contribution in [0.2, 0.25) is 0 Å². The van der Waals surface area contributed by atoms with Gasteiger partial charge in [-0.05, 0) is 79.2 Å². The SMILES string of the molecule is COc1cccc2c1CC[C@H]2Nc1nccc2cc(-c3c4c(nc(CCC5CCCCC5)c3-c3n[nH]c(=O)o3)[C@H]3CCCN3C4=O)sc12. The molecule has 2 atom stereocenters. The average molecular weight is 663 g/mol. The van der Waals surface area contributed by atoms with Crippen molar-refractivity contribution in [3.8, 4) is 27.6 Å². The molecule has 11 heteroatoms. The highest BCUT2D eigenvalue weighted by atomic mass is 32.1. The van der Waals surface area contributed by atoms with E-state index in [-0.39, 0.29) is 23.9 Å². The highest BCUT2D eigenvalue weighted by Gasteiger charge is 2.45. The molecular formula is C37H38N6O4S. The third kappa shape index (κ3) is 4.84. The second-order valence-corrected chi connectivity index (χ2v) is 14.7. The first kappa shape index (κ1) is 29.6. The van der Waals surface area contributed by atoms with Crippen molar-refractivity contribution in [2.75, 3.05) is 19.0 Å². The molecule has 9 rings (SSSR count). The largest absolute Gasteiger partial charge is 0.496 e. The minimum Gasteiger partial charge on any atom is -0.496 e. The molecule has 0 bridgehead atoms. The van der Waals surface area contributed by atoms with Gasteiger partial charge in [0.1, 0.15) is 11.6 Å². The minimum atomic E-state index is -0.623. The number of aromatic amines is 1. The van der Waals surface area contributed by atoms with Crippen LogP contribution in [0.5, 0.6) is 5.75 Å². The maximum atomic E-state index is 14.2. The van der Waals surface area contributed by atoms with E-state index in [4.69, 9.17) is 19.1 Å². The number of carbonyl (C=O) groups excluding carboxylic acids is 1. The molecule has 1 saturated carbocycles. The van der Waals surface area contributed by atoms with Crippen LogP contribution in [0.1, 0.15) is 103 Å². The summed E-state index contributed by atoms with van der Waals surface area (Å²) in [4.78, 5) is 39.5. The summed E-state index contributed by atoms with van der Waals surface area (Å²) in [5, 5.41) is 11.6. The predicted octanol–water partition coefficient (Wildman–Crippen LogP) is 7.61. The van der Waals surface area contributed by atoms with Gasteiger partial charge in [-0.2, -0.15) is 0 Å². The van der Waals surface area contributed by atoms with Crippen LogP contribution in [0.3, 0.4) is 0 Å². The molecule has 10 nitrogen and oxygen atoms in total. The van der Waals surface area contributed by atoms with Gasteiger partial charge in [0.2, 0.25) is 0 Å². The Morgan fingerprint density at radius 1 is 1.06 bits per heavy atom. The summed E-state index contributed by atoms with van der Waals surface area (Å²) in [6.07, 6.45) is 13.7. The molecule has 5 aromatic rings. The van der Waals surface area contributed by atoms with Crippen LogP contribution in [0.25, 0.3) is 32.0 Å². The van der Waals surface area contributed by atoms with Crippen LogP contribution in [-0.4, -0.2) is 44.6 Å². The molecule has 48 heavy (non-hydrogen) atoms. The Bertz CT molecular complexity index is 2110. The van der Waals surface area contributed by atoms with Crippen LogP contribution in [0.4, 0.5) is 5.82 Å². The standard InChI is InChI=1S/C37H38N6O4S/c1-46-27-11-5-9-22-23(27)13-15-24(22)40-34-33-21(16-17-38-34)19-28(48-33)30-29(35-41-42-37(45)47-35)25(14-12-20-7-3-2-4-8-20)39-32-26-10-6-18-43(26)36(44)31(30)32/h5,9,11,16-17,19-20,24,26H,2-4,6-8,10,12-15,18H2,1H3,(H,38,40)(H,42,45)/t24-,26-/m1/s1. The fourth-order valence-electron chi connectivity index (χ4n) is 8.68. The molecule has 1 aromatic carbocycles. The van der Waals surface area contributed by atoms with Crippen molar-refractivity contribution in [3.63, 3.8) is 0 Å². The van der Waals surface area contributed by atoms with E-state index < -0.39 is 5.76 Å². The molecule has 1 amide bonds. The number of rotatable bonds is 8. The quantitative estimate of drug-likeness (QED) is 0.174. The summed E-state index contributed by atoms with van der Waals surface area (Å²) in [5.41, 5.74) is 6.25. The molecule has 1 saturated heterocycles. The highest BCUT2D eigenvalue weighted by molar-refractivity contribution is 7.23. The van der Waals surface area contributed by atoms with Crippen molar-refractivity contribution in [3.05, 3.63) is 75.2 Å². The number of nitrogens with zero attached hydrogens (tertiary/aromatic N) is 4. The zero-order chi connectivity index (χ0) is 32.4. The van der Waals surface area contributed by atoms with Gasteiger partial charge in [0.05, 0.1) is 46.4 Å². The van der Waals surface area contributed by atoms with Crippen LogP contribution in [0.15, 0.2) is 45.7 Å². The number of ether oxygens (including phenoxy) is 1. The number of nitrogens with one attached hydrogen (secondary N) is 2. The number of carbonyl (C=O) groups is 1. The number of anilines is 1. The van der Waals surface area contributed by atoms with E-state index in [0.717, 1.165) is 88.6 Å². The van der Waals surface area contributed by atoms with E-state index >= 15 is 0 Å². The van der Waals surface area contributed by atoms with Crippen molar-refractivity contribution in [1.29, 1.82) is 0 Å². The van der Waals surface area contributed by atoms with Gasteiger partial charge in [-0.15, -0.1) is 16.4 Å². The number of amides is 1. The summed E-state index contributed by atoms with van der Waals surface area (Å²) >= 11 is 1.61. The van der Waals surface area contributed by atoms with Crippen molar-refractivity contribution in [2.24, 2.45) is 5.92 Å². The third-order valence-electron chi connectivity index (χ3n) is 10.9. The summed E-state index contributed by atoms with van der Waals surface area (Å²) in [6.45, 7) is 0.724. The number of fused-ring (bicyclic) bond motifs is 5. The fourth-order valence-corrected chi connectivity index (χ4v) is 9.84. The van der Waals surface area contributed by atoms with Gasteiger partial charge >= 0.3 is 5.76 Å². The molecule has 0 spiro atoms. The van der Waals surface area contributed by atoms with Crippen molar-refractivity contribution in [2.45, 2.75) is 82.7 Å². The van der Waals surface area contributed by atoms with E-state index in [1.54, 1.807) is 18.4 Å². The smallest absolute Gasteiger partial charge is 0.434 e. The number of thiophene rings is 1. The topological polar surface area (TPSA) is 126 Å². The van der Waals surface area contributed by atoms with Gasteiger partial charge in [-0.25, -0.2) is 14.9 Å². The minimum absolute atomic E-state index is 0.00148. The predicted molar refractivity (Wildman–Crippen MR) is 185 cm³/mol. The lowest BCUT2D eigenvalue weighted by atomic mass is 9.84. The Hall–Kier alpha value is -4.51. The maximum absolute atomic E-state index is 14.2. The third-order valence-corrected chi connectivity index (χ3v) is 12.1. The zero-order valence-corrected chi connectivity index (χ0v) is 27.8. The summed E-state index contributed by atoms with van der Waals surface area (Å²) < 4.78 is 12.3. The van der Waals surface area contributed by atoms with E-state index in [1.165, 1.54) is 43.2 Å². The van der Waals surface area contributed by atoms with Gasteiger partial charge in [-0.1, -0.05) is 44.2 Å². The molecule has 2 fully saturated rings. The maximum Gasteiger partial charge on any atom is 0.434 e. The second kappa shape index (κ2) is 11.9. The van der Waals surface area contributed by atoms with Crippen LogP contribution in [-0.2, 0) is 12.8 Å². The Labute approximate surface area is 281 Å². The van der Waals surface area contributed by atoms with Crippen LogP contribution < -0.4 is 15.8 Å². The molecule has 0 radical (unpaired) electrons. The van der Waals surface area contributed by atoms with Gasteiger partial charge in [0.25, 0.3) is 11.8 Å². The number of pyridine rings is 2. The van der Waals surface area contributed by atoms with Crippen molar-refractivity contribution in [1.82, 2.24) is 25.1 Å². The molecule has 0 unspecified atom stereocenters. The Morgan fingerprint density at radius 2 is 1.96 bits per heavy atom. The lowest BCUT2D eigenvalue weighted by Crippen LogP contribution is -2.22. The number of hydrogen-bond donors (Lipinski definition) is 2. The first-order valence-corrected chi connectivity index (χ1v) is 18.1. The van der Waals surface area contributed by atoms with Gasteiger partial charge < -0.3 is 19.4 Å². The van der Waals surface area contributed by atoms with Gasteiger partial charge in [-0.3, -0.25) is 9.78 Å². The molecule has 2 aliphatic heterocycles. The Balaban J connectivity index is 1.19. The number of aryl methyl sites for hydroxylation is 1. The summed E-state index contributed by atoms with van der Waals surface area (Å²) in [7, 11) is 1.72. The van der Waals surface area contributed by atoms with Crippen LogP contribution >= 0.6 is 11.3 Å². The molecule has 4 aromatic heterocycles. The Morgan fingerprint density at radius 3 is 2.79 bits per heavy atom.